The number of rotatable bonds is 6. The monoisotopic (exact) mass is 232 g/mol. The van der Waals surface area contributed by atoms with Gasteiger partial charge in [-0.15, -0.1) is 0 Å². The third-order valence-electron chi connectivity index (χ3n) is 1.77. The minimum Gasteiger partial charge on any atom is -0.473 e. The van der Waals surface area contributed by atoms with E-state index in [0.717, 1.165) is 6.42 Å². The predicted molar refractivity (Wildman–Crippen MR) is 55.5 cm³/mol. The standard InChI is InChI=1S/C10H14F2N2O2/c1-2-3-13-9-7(11)6-8(12)10(14-9)16-5-4-15/h6,15H,2-5H2,1H3,(H,13,14). The maximum Gasteiger partial charge on any atom is 0.252 e. The summed E-state index contributed by atoms with van der Waals surface area (Å²) >= 11 is 0. The lowest BCUT2D eigenvalue weighted by Gasteiger charge is -2.09. The molecule has 1 aromatic heterocycles. The minimum absolute atomic E-state index is 0.0452. The van der Waals surface area contributed by atoms with Gasteiger partial charge in [-0.1, -0.05) is 6.92 Å². The molecule has 0 amide bonds. The van der Waals surface area contributed by atoms with E-state index in [1.807, 2.05) is 6.92 Å². The first-order valence-corrected chi connectivity index (χ1v) is 5.02. The minimum atomic E-state index is -0.881. The molecule has 0 saturated carbocycles. The quantitative estimate of drug-likeness (QED) is 0.781. The molecule has 2 N–H and O–H groups in total. The molecule has 6 heteroatoms. The number of anilines is 1. The molecule has 0 aliphatic carbocycles. The van der Waals surface area contributed by atoms with Crippen molar-refractivity contribution in [1.82, 2.24) is 4.98 Å². The van der Waals surface area contributed by atoms with E-state index >= 15 is 0 Å². The molecular weight excluding hydrogens is 218 g/mol. The number of nitrogens with zero attached hydrogens (tertiary/aromatic N) is 1. The first-order valence-electron chi connectivity index (χ1n) is 5.02. The fourth-order valence-corrected chi connectivity index (χ4v) is 1.06. The molecule has 1 heterocycles. The van der Waals surface area contributed by atoms with Gasteiger partial charge in [-0.2, -0.15) is 4.98 Å². The SMILES string of the molecule is CCCNc1nc(OCCO)c(F)cc1F. The number of nitrogens with one attached hydrogen (secondary N) is 1. The third-order valence-corrected chi connectivity index (χ3v) is 1.77. The lowest BCUT2D eigenvalue weighted by molar-refractivity contribution is 0.191. The van der Waals surface area contributed by atoms with E-state index in [1.165, 1.54) is 0 Å². The first kappa shape index (κ1) is 12.6. The van der Waals surface area contributed by atoms with Crippen molar-refractivity contribution < 1.29 is 18.6 Å². The Morgan fingerprint density at radius 3 is 2.81 bits per heavy atom. The molecule has 0 radical (unpaired) electrons. The second-order valence-electron chi connectivity index (χ2n) is 3.10. The molecule has 0 aromatic carbocycles. The van der Waals surface area contributed by atoms with Gasteiger partial charge in [-0.05, 0) is 6.42 Å². The largest absolute Gasteiger partial charge is 0.473 e. The molecule has 0 unspecified atom stereocenters. The summed E-state index contributed by atoms with van der Waals surface area (Å²) in [5.74, 6) is -2.00. The summed E-state index contributed by atoms with van der Waals surface area (Å²) in [6.07, 6.45) is 0.797. The summed E-state index contributed by atoms with van der Waals surface area (Å²) in [6.45, 7) is 2.12. The Morgan fingerprint density at radius 2 is 2.19 bits per heavy atom. The van der Waals surface area contributed by atoms with Crippen LogP contribution in [0.5, 0.6) is 5.88 Å². The van der Waals surface area contributed by atoms with Crippen LogP contribution >= 0.6 is 0 Å². The van der Waals surface area contributed by atoms with E-state index in [4.69, 9.17) is 9.84 Å². The highest BCUT2D eigenvalue weighted by molar-refractivity contribution is 5.39. The van der Waals surface area contributed by atoms with Crippen LogP contribution in [-0.4, -0.2) is 29.8 Å². The Morgan fingerprint density at radius 1 is 1.44 bits per heavy atom. The van der Waals surface area contributed by atoms with Crippen molar-refractivity contribution in [3.8, 4) is 5.88 Å². The van der Waals surface area contributed by atoms with Crippen LogP contribution in [0.1, 0.15) is 13.3 Å². The molecule has 0 aliphatic heterocycles. The molecular formula is C10H14F2N2O2. The molecule has 1 rings (SSSR count). The molecule has 0 atom stereocenters. The second kappa shape index (κ2) is 6.22. The molecule has 16 heavy (non-hydrogen) atoms. The van der Waals surface area contributed by atoms with Gasteiger partial charge in [0.1, 0.15) is 6.61 Å². The zero-order valence-electron chi connectivity index (χ0n) is 8.96. The van der Waals surface area contributed by atoms with Crippen LogP contribution in [-0.2, 0) is 0 Å². The van der Waals surface area contributed by atoms with Gasteiger partial charge in [0.2, 0.25) is 0 Å². The highest BCUT2D eigenvalue weighted by atomic mass is 19.1. The number of halogens is 2. The summed E-state index contributed by atoms with van der Waals surface area (Å²) in [7, 11) is 0. The molecule has 0 fully saturated rings. The third kappa shape index (κ3) is 3.30. The predicted octanol–water partition coefficient (Wildman–Crippen LogP) is 1.55. The average molecular weight is 232 g/mol. The fraction of sp³-hybridized carbons (Fsp3) is 0.500. The number of aliphatic hydroxyl groups excluding tert-OH is 1. The smallest absolute Gasteiger partial charge is 0.252 e. The highest BCUT2D eigenvalue weighted by Crippen LogP contribution is 2.20. The van der Waals surface area contributed by atoms with E-state index in [1.54, 1.807) is 0 Å². The maximum absolute atomic E-state index is 13.2. The van der Waals surface area contributed by atoms with Crippen LogP contribution in [0.15, 0.2) is 6.07 Å². The van der Waals surface area contributed by atoms with Gasteiger partial charge in [0.15, 0.2) is 17.5 Å². The van der Waals surface area contributed by atoms with Gasteiger partial charge in [0.25, 0.3) is 5.88 Å². The van der Waals surface area contributed by atoms with Gasteiger partial charge in [0.05, 0.1) is 6.61 Å². The van der Waals surface area contributed by atoms with Crippen LogP contribution in [0.4, 0.5) is 14.6 Å². The van der Waals surface area contributed by atoms with Crippen molar-refractivity contribution in [2.45, 2.75) is 13.3 Å². The van der Waals surface area contributed by atoms with E-state index < -0.39 is 11.6 Å². The molecule has 90 valence electrons. The Bertz CT molecular complexity index is 319. The lowest BCUT2D eigenvalue weighted by Crippen LogP contribution is -2.09. The van der Waals surface area contributed by atoms with Crippen molar-refractivity contribution in [3.63, 3.8) is 0 Å². The normalized spacial score (nSPS) is 10.2. The number of ether oxygens (including phenoxy) is 1. The van der Waals surface area contributed by atoms with Crippen LogP contribution in [0.25, 0.3) is 0 Å². The Labute approximate surface area is 92.3 Å². The van der Waals surface area contributed by atoms with Crippen molar-refractivity contribution in [1.29, 1.82) is 0 Å². The van der Waals surface area contributed by atoms with Crippen LogP contribution < -0.4 is 10.1 Å². The summed E-state index contributed by atoms with van der Waals surface area (Å²) in [5, 5.41) is 11.2. The molecule has 0 spiro atoms. The number of aromatic nitrogens is 1. The van der Waals surface area contributed by atoms with E-state index in [9.17, 15) is 8.78 Å². The van der Waals surface area contributed by atoms with E-state index in [0.29, 0.717) is 12.6 Å². The van der Waals surface area contributed by atoms with Crippen LogP contribution in [0.3, 0.4) is 0 Å². The summed E-state index contributed by atoms with van der Waals surface area (Å²) in [4.78, 5) is 3.65. The maximum atomic E-state index is 13.2. The number of hydrogen-bond acceptors (Lipinski definition) is 4. The zero-order valence-corrected chi connectivity index (χ0v) is 8.96. The average Bonchev–Trinajstić information content (AvgIpc) is 2.26. The van der Waals surface area contributed by atoms with Gasteiger partial charge in [-0.25, -0.2) is 8.78 Å². The topological polar surface area (TPSA) is 54.4 Å². The number of hydrogen-bond donors (Lipinski definition) is 2. The molecule has 4 nitrogen and oxygen atoms in total. The molecule has 0 aliphatic rings. The van der Waals surface area contributed by atoms with E-state index in [-0.39, 0.29) is 24.9 Å². The van der Waals surface area contributed by atoms with Crippen LogP contribution in [0.2, 0.25) is 0 Å². The zero-order chi connectivity index (χ0) is 12.0. The Kier molecular flexibility index (Phi) is 4.91. The van der Waals surface area contributed by atoms with Gasteiger partial charge in [-0.3, -0.25) is 0 Å². The van der Waals surface area contributed by atoms with Crippen molar-refractivity contribution >= 4 is 5.82 Å². The Hall–Kier alpha value is -1.43. The van der Waals surface area contributed by atoms with Crippen molar-refractivity contribution in [2.75, 3.05) is 25.1 Å². The summed E-state index contributed by atoms with van der Waals surface area (Å²) in [5.41, 5.74) is 0. The number of aliphatic hydroxyl groups is 1. The van der Waals surface area contributed by atoms with Gasteiger partial charge < -0.3 is 15.2 Å². The van der Waals surface area contributed by atoms with Gasteiger partial charge >= 0.3 is 0 Å². The Balaban J connectivity index is 2.83. The van der Waals surface area contributed by atoms with Gasteiger partial charge in [0, 0.05) is 12.6 Å². The number of pyridine rings is 1. The lowest BCUT2D eigenvalue weighted by atomic mass is 10.4. The first-order chi connectivity index (χ1) is 7.69. The second-order valence-corrected chi connectivity index (χ2v) is 3.10. The molecule has 0 saturated heterocycles. The molecule has 1 aromatic rings. The summed E-state index contributed by atoms with van der Waals surface area (Å²) < 4.78 is 31.2. The van der Waals surface area contributed by atoms with Crippen molar-refractivity contribution in [3.05, 3.63) is 17.7 Å². The highest BCUT2D eigenvalue weighted by Gasteiger charge is 2.12. The van der Waals surface area contributed by atoms with Crippen molar-refractivity contribution in [2.24, 2.45) is 0 Å². The summed E-state index contributed by atoms with van der Waals surface area (Å²) in [6, 6.07) is 0.706. The molecule has 0 bridgehead atoms. The fourth-order valence-electron chi connectivity index (χ4n) is 1.06. The van der Waals surface area contributed by atoms with E-state index in [2.05, 4.69) is 10.3 Å². The van der Waals surface area contributed by atoms with Crippen LogP contribution in [0, 0.1) is 11.6 Å².